The van der Waals surface area contributed by atoms with Crippen molar-refractivity contribution in [1.82, 2.24) is 0 Å². The Bertz CT molecular complexity index is 70.6. The van der Waals surface area contributed by atoms with Crippen LogP contribution in [0.1, 0.15) is 0 Å². The molecule has 0 amide bonds. The van der Waals surface area contributed by atoms with Gasteiger partial charge in [-0.2, -0.15) is 0 Å². The standard InChI is InChI=1S/CH8O3Si3/c1-7(3,4-5)6-2/h3,6H,1,5H3. The van der Waals surface area contributed by atoms with Crippen LogP contribution in [0.4, 0.5) is 0 Å². The maximum atomic E-state index is 9.97. The zero-order chi connectivity index (χ0) is 5.91. The number of hydrogen-bond acceptors (Lipinski definition) is 3. The molecule has 1 unspecified atom stereocenters. The van der Waals surface area contributed by atoms with Crippen LogP contribution in [0.2, 0.25) is 6.55 Å². The van der Waals surface area contributed by atoms with Crippen LogP contribution in [0.3, 0.4) is 0 Å². The predicted octanol–water partition coefficient (Wildman–Crippen LogP) is -2.37. The summed E-state index contributed by atoms with van der Waals surface area (Å²) in [6.07, 6.45) is 0. The monoisotopic (exact) mass is 152 g/mol. The zero-order valence-corrected chi connectivity index (χ0v) is 8.50. The number of rotatable bonds is 2. The summed E-state index contributed by atoms with van der Waals surface area (Å²) in [6, 6.07) is 0. The van der Waals surface area contributed by atoms with Gasteiger partial charge in [0, 0.05) is 0 Å². The van der Waals surface area contributed by atoms with E-state index in [2.05, 4.69) is 4.12 Å². The van der Waals surface area contributed by atoms with Gasteiger partial charge in [-0.1, -0.05) is 0 Å². The molecule has 0 heterocycles. The molecule has 0 fully saturated rings. The third kappa shape index (κ3) is 3.00. The van der Waals surface area contributed by atoms with Crippen LogP contribution >= 0.6 is 0 Å². The van der Waals surface area contributed by atoms with Crippen LogP contribution in [-0.4, -0.2) is 32.3 Å². The second kappa shape index (κ2) is 2.62. The highest BCUT2D eigenvalue weighted by molar-refractivity contribution is 7.11. The zero-order valence-electron chi connectivity index (χ0n) is 4.34. The Morgan fingerprint density at radius 1 is 2.00 bits per heavy atom. The van der Waals surface area contributed by atoms with E-state index < -0.39 is 17.0 Å². The Morgan fingerprint density at radius 3 is 2.43 bits per heavy atom. The van der Waals surface area contributed by atoms with Crippen LogP contribution in [0, 0.1) is 0 Å². The highest BCUT2D eigenvalue weighted by atomic mass is 29.2. The van der Waals surface area contributed by atoms with Gasteiger partial charge in [-0.3, -0.25) is 0 Å². The first-order chi connectivity index (χ1) is 3.12. The minimum Gasteiger partial charge on any atom is -0.443 e. The van der Waals surface area contributed by atoms with Crippen LogP contribution in [-0.2, 0) is 8.58 Å². The first-order valence-corrected chi connectivity index (χ1v) is 7.31. The van der Waals surface area contributed by atoms with Gasteiger partial charge in [0.15, 0.2) is 0 Å². The molecule has 3 nitrogen and oxygen atoms in total. The van der Waals surface area contributed by atoms with Gasteiger partial charge in [0.1, 0.15) is 10.5 Å². The average molecular weight is 152 g/mol. The van der Waals surface area contributed by atoms with E-state index in [1.165, 1.54) is 6.55 Å². The molecule has 0 aromatic heterocycles. The fourth-order valence-electron chi connectivity index (χ4n) is 0.0481. The lowest BCUT2D eigenvalue weighted by molar-refractivity contribution is 0.423. The van der Waals surface area contributed by atoms with Crippen molar-refractivity contribution < 1.29 is 13.4 Å². The smallest absolute Gasteiger partial charge is 0.365 e. The minimum atomic E-state index is -2.56. The van der Waals surface area contributed by atoms with Crippen LogP contribution in [0.25, 0.3) is 0 Å². The molecule has 6 heteroatoms. The summed E-state index contributed by atoms with van der Waals surface area (Å²) in [6.45, 7) is 1.53. The second-order valence-corrected chi connectivity index (χ2v) is 9.28. The normalized spacial score (nSPS) is 18.6. The van der Waals surface area contributed by atoms with Crippen molar-refractivity contribution in [2.75, 3.05) is 0 Å². The molecule has 0 aromatic rings. The van der Waals surface area contributed by atoms with E-state index in [1.54, 1.807) is 0 Å². The summed E-state index contributed by atoms with van der Waals surface area (Å²) in [7, 11) is -3.15. The summed E-state index contributed by atoms with van der Waals surface area (Å²) in [5.74, 6) is 0. The van der Waals surface area contributed by atoms with E-state index in [4.69, 9.17) is 4.80 Å². The van der Waals surface area contributed by atoms with Crippen molar-refractivity contribution in [3.63, 3.8) is 0 Å². The van der Waals surface area contributed by atoms with E-state index in [0.717, 1.165) is 0 Å². The SMILES string of the molecule is C[Si](O)(O[SiH3])[SiH]=O. The topological polar surface area (TPSA) is 46.5 Å². The molecule has 0 aliphatic carbocycles. The van der Waals surface area contributed by atoms with Gasteiger partial charge in [-0.25, -0.2) is 0 Å². The maximum absolute atomic E-state index is 9.97. The largest absolute Gasteiger partial charge is 0.443 e. The minimum absolute atomic E-state index is 0.490. The molecule has 0 radical (unpaired) electrons. The van der Waals surface area contributed by atoms with Crippen molar-refractivity contribution >= 4 is 27.5 Å². The van der Waals surface area contributed by atoms with Gasteiger partial charge >= 0.3 is 17.0 Å². The van der Waals surface area contributed by atoms with Crippen molar-refractivity contribution in [2.24, 2.45) is 0 Å². The summed E-state index contributed by atoms with van der Waals surface area (Å²) in [5.41, 5.74) is 0. The third-order valence-electron chi connectivity index (χ3n) is 0.632. The lowest BCUT2D eigenvalue weighted by Gasteiger charge is -2.06. The van der Waals surface area contributed by atoms with E-state index in [1.807, 2.05) is 0 Å². The fourth-order valence-corrected chi connectivity index (χ4v) is 1.30. The maximum Gasteiger partial charge on any atom is 0.365 e. The molecule has 42 valence electrons. The van der Waals surface area contributed by atoms with Crippen molar-refractivity contribution in [2.45, 2.75) is 6.55 Å². The molecule has 0 saturated heterocycles. The molecule has 7 heavy (non-hydrogen) atoms. The Morgan fingerprint density at radius 2 is 2.43 bits per heavy atom. The Kier molecular flexibility index (Phi) is 2.76. The highest BCUT2D eigenvalue weighted by Gasteiger charge is 2.23. The lowest BCUT2D eigenvalue weighted by Crippen LogP contribution is -2.37. The summed E-state index contributed by atoms with van der Waals surface area (Å²) < 4.78 is 14.6. The van der Waals surface area contributed by atoms with Crippen LogP contribution < -0.4 is 0 Å². The molecule has 0 aliphatic heterocycles. The first kappa shape index (κ1) is 7.37. The van der Waals surface area contributed by atoms with Gasteiger partial charge in [0.25, 0.3) is 0 Å². The van der Waals surface area contributed by atoms with Gasteiger partial charge in [0.2, 0.25) is 0 Å². The molecule has 1 N–H and O–H groups in total. The first-order valence-electron chi connectivity index (χ1n) is 1.86. The summed E-state index contributed by atoms with van der Waals surface area (Å²) in [5, 5.41) is 0. The molecule has 0 aromatic carbocycles. The highest BCUT2D eigenvalue weighted by Crippen LogP contribution is 1.87. The van der Waals surface area contributed by atoms with Crippen LogP contribution in [0.15, 0.2) is 0 Å². The van der Waals surface area contributed by atoms with Gasteiger partial charge in [-0.05, 0) is 6.55 Å². The molecule has 0 spiro atoms. The van der Waals surface area contributed by atoms with Crippen molar-refractivity contribution in [1.29, 1.82) is 0 Å². The predicted molar refractivity (Wildman–Crippen MR) is 32.7 cm³/mol. The van der Waals surface area contributed by atoms with Gasteiger partial charge in [-0.15, -0.1) is 0 Å². The Balaban J connectivity index is 3.58. The average Bonchev–Trinajstić information content (AvgIpc) is 1.68. The van der Waals surface area contributed by atoms with Crippen molar-refractivity contribution in [3.8, 4) is 0 Å². The molecule has 0 bridgehead atoms. The molecule has 0 saturated carbocycles. The number of hydrogen-bond donors (Lipinski definition) is 1. The van der Waals surface area contributed by atoms with E-state index in [9.17, 15) is 4.46 Å². The van der Waals surface area contributed by atoms with Gasteiger partial charge < -0.3 is 13.4 Å². The second-order valence-electron chi connectivity index (χ2n) is 1.38. The third-order valence-corrected chi connectivity index (χ3v) is 7.81. The van der Waals surface area contributed by atoms with Crippen molar-refractivity contribution in [3.05, 3.63) is 0 Å². The van der Waals surface area contributed by atoms with Crippen LogP contribution in [0.5, 0.6) is 0 Å². The fraction of sp³-hybridized carbons (Fsp3) is 1.00. The molecule has 1 atom stereocenters. The Labute approximate surface area is 48.2 Å². The van der Waals surface area contributed by atoms with E-state index >= 15 is 0 Å². The molecule has 0 rings (SSSR count). The van der Waals surface area contributed by atoms with Gasteiger partial charge in [0.05, 0.1) is 0 Å². The Hall–Kier alpha value is 0.371. The summed E-state index contributed by atoms with van der Waals surface area (Å²) >= 11 is 0. The molecule has 0 aliphatic rings. The van der Waals surface area contributed by atoms with E-state index in [-0.39, 0.29) is 0 Å². The molecular weight excluding hydrogens is 144 g/mol. The molecular formula is CH8O3Si3. The summed E-state index contributed by atoms with van der Waals surface area (Å²) in [4.78, 5) is 8.81. The van der Waals surface area contributed by atoms with E-state index in [0.29, 0.717) is 10.5 Å². The quantitative estimate of drug-likeness (QED) is 0.450. The lowest BCUT2D eigenvalue weighted by atomic mass is 11.9.